The molecule has 0 fully saturated rings. The highest BCUT2D eigenvalue weighted by atomic mass is 19.1. The van der Waals surface area contributed by atoms with Gasteiger partial charge >= 0.3 is 0 Å². The van der Waals surface area contributed by atoms with E-state index in [-0.39, 0.29) is 0 Å². The number of nitrogens with zero attached hydrogens (tertiary/aromatic N) is 3. The maximum atomic E-state index is 12.9. The Morgan fingerprint density at radius 2 is 2.29 bits per heavy atom. The van der Waals surface area contributed by atoms with Gasteiger partial charge in [-0.05, 0) is 19.9 Å². The lowest BCUT2D eigenvalue weighted by Gasteiger charge is -2.16. The topological polar surface area (TPSA) is 40.5 Å². The average Bonchev–Trinajstić information content (AvgIpc) is 2.57. The third kappa shape index (κ3) is 1.41. The van der Waals surface area contributed by atoms with Gasteiger partial charge in [-0.2, -0.15) is 9.49 Å². The number of aromatic nitrogens is 1. The number of hydrazone groups is 1. The van der Waals surface area contributed by atoms with E-state index in [4.69, 9.17) is 0 Å². The molecule has 4 nitrogen and oxygen atoms in total. The van der Waals surface area contributed by atoms with Crippen LogP contribution in [0.3, 0.4) is 0 Å². The molecule has 14 heavy (non-hydrogen) atoms. The van der Waals surface area contributed by atoms with Crippen LogP contribution in [0.5, 0.6) is 0 Å². The van der Waals surface area contributed by atoms with Gasteiger partial charge in [-0.15, -0.1) is 0 Å². The maximum Gasteiger partial charge on any atom is 0.215 e. The van der Waals surface area contributed by atoms with Crippen molar-refractivity contribution in [2.24, 2.45) is 5.10 Å². The summed E-state index contributed by atoms with van der Waals surface area (Å²) in [4.78, 5) is 5.60. The van der Waals surface area contributed by atoms with Gasteiger partial charge in [0.15, 0.2) is 0 Å². The fraction of sp³-hybridized carbons (Fsp3) is 0.333. The predicted octanol–water partition coefficient (Wildman–Crippen LogP) is 1.23. The van der Waals surface area contributed by atoms with Crippen LogP contribution < -0.4 is 10.3 Å². The standard InChI is InChI=1S/C9H11FN4/c1-6-3-8(4-11-9(6)10)14-5-12-13-7(14)2/h3-4,12H,5H2,1-2H3. The first-order valence-electron chi connectivity index (χ1n) is 4.35. The van der Waals surface area contributed by atoms with Gasteiger partial charge in [0.25, 0.3) is 0 Å². The summed E-state index contributed by atoms with van der Waals surface area (Å²) in [6.07, 6.45) is 1.51. The number of pyridine rings is 1. The molecule has 0 spiro atoms. The van der Waals surface area contributed by atoms with Crippen molar-refractivity contribution in [2.45, 2.75) is 13.8 Å². The molecule has 0 radical (unpaired) electrons. The van der Waals surface area contributed by atoms with E-state index in [1.807, 2.05) is 11.8 Å². The molecule has 1 aliphatic heterocycles. The molecule has 1 N–H and O–H groups in total. The van der Waals surface area contributed by atoms with E-state index in [0.29, 0.717) is 12.2 Å². The zero-order valence-electron chi connectivity index (χ0n) is 8.08. The van der Waals surface area contributed by atoms with Gasteiger partial charge in [-0.3, -0.25) is 5.43 Å². The van der Waals surface area contributed by atoms with Gasteiger partial charge < -0.3 is 4.90 Å². The van der Waals surface area contributed by atoms with Gasteiger partial charge in [0.2, 0.25) is 5.95 Å². The van der Waals surface area contributed by atoms with Crippen LogP contribution in [0.15, 0.2) is 17.4 Å². The lowest BCUT2D eigenvalue weighted by atomic mass is 10.2. The summed E-state index contributed by atoms with van der Waals surface area (Å²) >= 11 is 0. The Balaban J connectivity index is 2.33. The molecule has 2 rings (SSSR count). The molecule has 0 atom stereocenters. The number of amidine groups is 1. The Hall–Kier alpha value is -1.65. The summed E-state index contributed by atoms with van der Waals surface area (Å²) in [5.41, 5.74) is 4.25. The highest BCUT2D eigenvalue weighted by Gasteiger charge is 2.15. The lowest BCUT2D eigenvalue weighted by Crippen LogP contribution is -2.27. The van der Waals surface area contributed by atoms with E-state index in [0.717, 1.165) is 11.5 Å². The summed E-state index contributed by atoms with van der Waals surface area (Å²) < 4.78 is 12.9. The Morgan fingerprint density at radius 1 is 1.50 bits per heavy atom. The Morgan fingerprint density at radius 3 is 2.86 bits per heavy atom. The van der Waals surface area contributed by atoms with Crippen LogP contribution in [0.25, 0.3) is 0 Å². The van der Waals surface area contributed by atoms with Gasteiger partial charge in [0.1, 0.15) is 12.5 Å². The molecule has 0 aromatic carbocycles. The average molecular weight is 194 g/mol. The number of hydrogen-bond donors (Lipinski definition) is 1. The molecule has 0 saturated heterocycles. The molecule has 0 amide bonds. The minimum absolute atomic E-state index is 0.421. The van der Waals surface area contributed by atoms with Crippen LogP contribution in [0.2, 0.25) is 0 Å². The largest absolute Gasteiger partial charge is 0.308 e. The van der Waals surface area contributed by atoms with Crippen LogP contribution in [-0.2, 0) is 0 Å². The number of anilines is 1. The SMILES string of the molecule is CC1=NNCN1c1cnc(F)c(C)c1. The van der Waals surface area contributed by atoms with Crippen LogP contribution in [0.1, 0.15) is 12.5 Å². The molecule has 74 valence electrons. The second kappa shape index (κ2) is 3.25. The highest BCUT2D eigenvalue weighted by Crippen LogP contribution is 2.17. The molecule has 1 aromatic rings. The fourth-order valence-electron chi connectivity index (χ4n) is 1.36. The molecule has 0 saturated carbocycles. The highest BCUT2D eigenvalue weighted by molar-refractivity contribution is 5.96. The van der Waals surface area contributed by atoms with Crippen LogP contribution in [-0.4, -0.2) is 17.5 Å². The van der Waals surface area contributed by atoms with Crippen LogP contribution >= 0.6 is 0 Å². The monoisotopic (exact) mass is 194 g/mol. The van der Waals surface area contributed by atoms with Gasteiger partial charge in [-0.1, -0.05) is 0 Å². The fourth-order valence-corrected chi connectivity index (χ4v) is 1.36. The van der Waals surface area contributed by atoms with E-state index < -0.39 is 5.95 Å². The summed E-state index contributed by atoms with van der Waals surface area (Å²) in [6.45, 7) is 4.19. The second-order valence-electron chi connectivity index (χ2n) is 3.20. The van der Waals surface area contributed by atoms with Crippen molar-refractivity contribution in [2.75, 3.05) is 11.6 Å². The summed E-state index contributed by atoms with van der Waals surface area (Å²) in [7, 11) is 0. The van der Waals surface area contributed by atoms with Crippen molar-refractivity contribution in [3.8, 4) is 0 Å². The summed E-state index contributed by atoms with van der Waals surface area (Å²) in [6, 6.07) is 1.76. The first kappa shape index (κ1) is 8.93. The van der Waals surface area contributed by atoms with Gasteiger partial charge in [0.05, 0.1) is 11.9 Å². The van der Waals surface area contributed by atoms with E-state index in [1.54, 1.807) is 13.0 Å². The summed E-state index contributed by atoms with van der Waals surface area (Å²) in [5.74, 6) is 0.438. The third-order valence-corrected chi connectivity index (χ3v) is 2.17. The van der Waals surface area contributed by atoms with E-state index in [9.17, 15) is 4.39 Å². The minimum Gasteiger partial charge on any atom is -0.308 e. The second-order valence-corrected chi connectivity index (χ2v) is 3.20. The Bertz CT molecular complexity index is 388. The number of rotatable bonds is 1. The van der Waals surface area contributed by atoms with Crippen molar-refractivity contribution >= 4 is 11.5 Å². The zero-order chi connectivity index (χ0) is 10.1. The van der Waals surface area contributed by atoms with E-state index in [1.165, 1.54) is 6.20 Å². The van der Waals surface area contributed by atoms with Crippen LogP contribution in [0.4, 0.5) is 10.1 Å². The number of nitrogens with one attached hydrogen (secondary N) is 1. The molecule has 1 aromatic heterocycles. The molecule has 0 aliphatic carbocycles. The Kier molecular flexibility index (Phi) is 2.07. The molecule has 5 heteroatoms. The first-order valence-corrected chi connectivity index (χ1v) is 4.35. The van der Waals surface area contributed by atoms with E-state index >= 15 is 0 Å². The van der Waals surface area contributed by atoms with Crippen molar-refractivity contribution in [3.05, 3.63) is 23.8 Å². The van der Waals surface area contributed by atoms with E-state index in [2.05, 4.69) is 15.5 Å². The Labute approximate surface area is 81.4 Å². The molecule has 0 unspecified atom stereocenters. The predicted molar refractivity (Wildman–Crippen MR) is 52.5 cm³/mol. The van der Waals surface area contributed by atoms with Crippen molar-refractivity contribution in [1.29, 1.82) is 0 Å². The summed E-state index contributed by atoms with van der Waals surface area (Å²) in [5, 5.41) is 4.02. The lowest BCUT2D eigenvalue weighted by molar-refractivity contribution is 0.574. The van der Waals surface area contributed by atoms with Crippen LogP contribution in [0, 0.1) is 12.9 Å². The molecule has 1 aliphatic rings. The van der Waals surface area contributed by atoms with Crippen molar-refractivity contribution < 1.29 is 4.39 Å². The molecular formula is C9H11FN4. The molecule has 2 heterocycles. The smallest absolute Gasteiger partial charge is 0.215 e. The number of aryl methyl sites for hydroxylation is 1. The molecular weight excluding hydrogens is 183 g/mol. The zero-order valence-corrected chi connectivity index (χ0v) is 8.08. The first-order chi connectivity index (χ1) is 6.68. The normalized spacial score (nSPS) is 15.4. The maximum absolute atomic E-state index is 12.9. The number of halogens is 1. The third-order valence-electron chi connectivity index (χ3n) is 2.17. The molecule has 0 bridgehead atoms. The number of hydrogen-bond acceptors (Lipinski definition) is 4. The van der Waals surface area contributed by atoms with Crippen molar-refractivity contribution in [3.63, 3.8) is 0 Å². The minimum atomic E-state index is -0.421. The van der Waals surface area contributed by atoms with Crippen molar-refractivity contribution in [1.82, 2.24) is 10.4 Å². The quantitative estimate of drug-likeness (QED) is 0.683. The van der Waals surface area contributed by atoms with Gasteiger partial charge in [-0.25, -0.2) is 4.98 Å². The van der Waals surface area contributed by atoms with Gasteiger partial charge in [0, 0.05) is 5.56 Å².